The molecular weight excluding hydrogens is 546 g/mol. The fourth-order valence-corrected chi connectivity index (χ4v) is 4.62. The lowest BCUT2D eigenvalue weighted by Gasteiger charge is -2.24. The molecule has 0 aliphatic carbocycles. The highest BCUT2D eigenvalue weighted by molar-refractivity contribution is 14.1. The van der Waals surface area contributed by atoms with E-state index in [0.717, 1.165) is 7.88 Å². The average molecular weight is 561 g/mol. The molecule has 9 heteroatoms. The molecule has 0 unspecified atom stereocenters. The normalized spacial score (nSPS) is 11.1. The Kier molecular flexibility index (Phi) is 7.05. The number of hydrogen-bond donors (Lipinski definition) is 1. The van der Waals surface area contributed by atoms with Crippen molar-refractivity contribution in [2.75, 3.05) is 16.2 Å². The van der Waals surface area contributed by atoms with E-state index in [1.807, 2.05) is 12.1 Å². The quantitative estimate of drug-likeness (QED) is 0.409. The molecule has 150 valence electrons. The van der Waals surface area contributed by atoms with Crippen molar-refractivity contribution >= 4 is 73.1 Å². The van der Waals surface area contributed by atoms with Gasteiger partial charge in [-0.3, -0.25) is 9.10 Å². The number of rotatable bonds is 6. The van der Waals surface area contributed by atoms with E-state index in [0.29, 0.717) is 5.69 Å². The summed E-state index contributed by atoms with van der Waals surface area (Å²) in [6.07, 6.45) is 0. The summed E-state index contributed by atoms with van der Waals surface area (Å²) < 4.78 is 28.5. The van der Waals surface area contributed by atoms with Crippen LogP contribution in [0.2, 0.25) is 10.0 Å². The van der Waals surface area contributed by atoms with E-state index in [9.17, 15) is 13.2 Å². The third-order valence-electron chi connectivity index (χ3n) is 3.94. The molecule has 0 aliphatic heterocycles. The van der Waals surface area contributed by atoms with Gasteiger partial charge in [0.2, 0.25) is 5.91 Å². The van der Waals surface area contributed by atoms with Gasteiger partial charge in [-0.25, -0.2) is 8.42 Å². The first-order valence-electron chi connectivity index (χ1n) is 8.35. The summed E-state index contributed by atoms with van der Waals surface area (Å²) in [7, 11) is -4.01. The Bertz CT molecular complexity index is 1120. The molecule has 5 nitrogen and oxygen atoms in total. The van der Waals surface area contributed by atoms with Crippen LogP contribution in [0.25, 0.3) is 0 Å². The van der Waals surface area contributed by atoms with Crippen molar-refractivity contribution < 1.29 is 13.2 Å². The molecule has 0 aromatic heterocycles. The summed E-state index contributed by atoms with van der Waals surface area (Å²) in [5.74, 6) is -0.489. The Morgan fingerprint density at radius 2 is 1.59 bits per heavy atom. The number of halogens is 3. The van der Waals surface area contributed by atoms with Crippen LogP contribution in [0.5, 0.6) is 0 Å². The Morgan fingerprint density at radius 1 is 0.931 bits per heavy atom. The zero-order valence-corrected chi connectivity index (χ0v) is 19.3. The summed E-state index contributed by atoms with van der Waals surface area (Å²) >= 11 is 14.2. The minimum absolute atomic E-state index is 0.0631. The van der Waals surface area contributed by atoms with E-state index < -0.39 is 22.5 Å². The molecule has 3 aromatic rings. The molecule has 0 bridgehead atoms. The predicted molar refractivity (Wildman–Crippen MR) is 125 cm³/mol. The van der Waals surface area contributed by atoms with Crippen LogP contribution in [-0.2, 0) is 14.8 Å². The maximum atomic E-state index is 13.2. The second-order valence-electron chi connectivity index (χ2n) is 5.98. The van der Waals surface area contributed by atoms with Crippen LogP contribution in [0, 0.1) is 3.57 Å². The summed E-state index contributed by atoms with van der Waals surface area (Å²) in [6.45, 7) is -0.429. The number of nitrogens with zero attached hydrogens (tertiary/aromatic N) is 1. The van der Waals surface area contributed by atoms with E-state index in [1.54, 1.807) is 30.3 Å². The zero-order chi connectivity index (χ0) is 21.0. The van der Waals surface area contributed by atoms with E-state index in [1.165, 1.54) is 30.3 Å². The molecule has 0 aliphatic rings. The van der Waals surface area contributed by atoms with Crippen LogP contribution < -0.4 is 9.62 Å². The molecule has 29 heavy (non-hydrogen) atoms. The minimum Gasteiger partial charge on any atom is -0.325 e. The molecule has 0 spiro atoms. The maximum absolute atomic E-state index is 13.2. The standard InChI is InChI=1S/C20H15Cl2IN2O3S/c21-18-11-10-16(12-19(18)22)25(29(27,28)17-4-2-1-3-5-17)13-20(26)24-15-8-6-14(23)7-9-15/h1-12H,13H2,(H,24,26). The van der Waals surface area contributed by atoms with Crippen LogP contribution in [0.15, 0.2) is 77.7 Å². The third-order valence-corrected chi connectivity index (χ3v) is 7.18. The van der Waals surface area contributed by atoms with Crippen molar-refractivity contribution in [1.29, 1.82) is 0 Å². The van der Waals surface area contributed by atoms with E-state index >= 15 is 0 Å². The molecule has 3 aromatic carbocycles. The first-order valence-corrected chi connectivity index (χ1v) is 11.6. The van der Waals surface area contributed by atoms with E-state index in [2.05, 4.69) is 27.9 Å². The van der Waals surface area contributed by atoms with Gasteiger partial charge in [-0.05, 0) is 77.2 Å². The van der Waals surface area contributed by atoms with E-state index in [4.69, 9.17) is 23.2 Å². The van der Waals surface area contributed by atoms with Crippen LogP contribution in [-0.4, -0.2) is 20.9 Å². The maximum Gasteiger partial charge on any atom is 0.264 e. The smallest absolute Gasteiger partial charge is 0.264 e. The molecule has 0 fully saturated rings. The van der Waals surface area contributed by atoms with Gasteiger partial charge in [0.25, 0.3) is 10.0 Å². The Labute approximate surface area is 192 Å². The molecule has 0 saturated carbocycles. The molecule has 1 N–H and O–H groups in total. The number of carbonyl (C=O) groups excluding carboxylic acids is 1. The van der Waals surface area contributed by atoms with Gasteiger partial charge in [-0.1, -0.05) is 41.4 Å². The molecule has 1 amide bonds. The van der Waals surface area contributed by atoms with Crippen LogP contribution >= 0.6 is 45.8 Å². The lowest BCUT2D eigenvalue weighted by atomic mass is 10.3. The molecule has 0 atom stereocenters. The largest absolute Gasteiger partial charge is 0.325 e. The van der Waals surface area contributed by atoms with Crippen molar-refractivity contribution in [2.45, 2.75) is 4.90 Å². The topological polar surface area (TPSA) is 66.5 Å². The highest BCUT2D eigenvalue weighted by Gasteiger charge is 2.27. The number of amides is 1. The highest BCUT2D eigenvalue weighted by atomic mass is 127. The minimum atomic E-state index is -4.01. The van der Waals surface area contributed by atoms with Crippen LogP contribution in [0.3, 0.4) is 0 Å². The zero-order valence-electron chi connectivity index (χ0n) is 14.8. The summed E-state index contributed by atoms with van der Waals surface area (Å²) in [5, 5.41) is 3.19. The highest BCUT2D eigenvalue weighted by Crippen LogP contribution is 2.30. The van der Waals surface area contributed by atoms with Gasteiger partial charge in [-0.2, -0.15) is 0 Å². The van der Waals surface area contributed by atoms with Crippen LogP contribution in [0.4, 0.5) is 11.4 Å². The third kappa shape index (κ3) is 5.42. The molecule has 0 radical (unpaired) electrons. The monoisotopic (exact) mass is 560 g/mol. The summed E-state index contributed by atoms with van der Waals surface area (Å²) in [6, 6.07) is 19.5. The molecule has 0 heterocycles. The predicted octanol–water partition coefficient (Wildman–Crippen LogP) is 5.43. The number of hydrogen-bond acceptors (Lipinski definition) is 3. The Hall–Kier alpha value is -1.81. The summed E-state index contributed by atoms with van der Waals surface area (Å²) in [4.78, 5) is 12.7. The van der Waals surface area contributed by atoms with Crippen molar-refractivity contribution in [2.24, 2.45) is 0 Å². The van der Waals surface area contributed by atoms with Gasteiger partial charge in [0.15, 0.2) is 0 Å². The van der Waals surface area contributed by atoms with E-state index in [-0.39, 0.29) is 20.6 Å². The van der Waals surface area contributed by atoms with Crippen LogP contribution in [0.1, 0.15) is 0 Å². The lowest BCUT2D eigenvalue weighted by molar-refractivity contribution is -0.114. The van der Waals surface area contributed by atoms with Gasteiger partial charge in [0, 0.05) is 9.26 Å². The van der Waals surface area contributed by atoms with Crippen molar-refractivity contribution in [1.82, 2.24) is 0 Å². The first-order chi connectivity index (χ1) is 13.8. The average Bonchev–Trinajstić information content (AvgIpc) is 2.71. The first kappa shape index (κ1) is 21.9. The summed E-state index contributed by atoms with van der Waals surface area (Å²) in [5.41, 5.74) is 0.808. The van der Waals surface area contributed by atoms with Gasteiger partial charge < -0.3 is 5.32 Å². The second kappa shape index (κ2) is 9.34. The van der Waals surface area contributed by atoms with Crippen molar-refractivity contribution in [3.63, 3.8) is 0 Å². The second-order valence-corrected chi connectivity index (χ2v) is 9.90. The number of benzene rings is 3. The number of carbonyl (C=O) groups is 1. The number of anilines is 2. The Morgan fingerprint density at radius 3 is 2.21 bits per heavy atom. The van der Waals surface area contributed by atoms with Gasteiger partial charge in [-0.15, -0.1) is 0 Å². The fraction of sp³-hybridized carbons (Fsp3) is 0.0500. The van der Waals surface area contributed by atoms with Gasteiger partial charge in [0.05, 0.1) is 20.6 Å². The van der Waals surface area contributed by atoms with Gasteiger partial charge >= 0.3 is 0 Å². The lowest BCUT2D eigenvalue weighted by Crippen LogP contribution is -2.38. The SMILES string of the molecule is O=C(CN(c1ccc(Cl)c(Cl)c1)S(=O)(=O)c1ccccc1)Nc1ccc(I)cc1. The van der Waals surface area contributed by atoms with Crippen molar-refractivity contribution in [3.05, 3.63) is 86.4 Å². The fourth-order valence-electron chi connectivity index (χ4n) is 2.54. The Balaban J connectivity index is 1.95. The molecular formula is C20H15Cl2IN2O3S. The number of sulfonamides is 1. The van der Waals surface area contributed by atoms with Crippen molar-refractivity contribution in [3.8, 4) is 0 Å². The number of nitrogens with one attached hydrogen (secondary N) is 1. The van der Waals surface area contributed by atoms with Gasteiger partial charge in [0.1, 0.15) is 6.54 Å². The molecule has 3 rings (SSSR count). The molecule has 0 saturated heterocycles.